The van der Waals surface area contributed by atoms with Crippen molar-refractivity contribution in [1.82, 2.24) is 14.9 Å². The van der Waals surface area contributed by atoms with Gasteiger partial charge >= 0.3 is 0 Å². The molecule has 0 unspecified atom stereocenters. The molecule has 2 N–H and O–H groups in total. The van der Waals surface area contributed by atoms with E-state index in [0.717, 1.165) is 33.8 Å². The number of aryl methyl sites for hydroxylation is 3. The van der Waals surface area contributed by atoms with Gasteiger partial charge in [0, 0.05) is 25.2 Å². The van der Waals surface area contributed by atoms with Gasteiger partial charge in [0.1, 0.15) is 30.5 Å². The Bertz CT molecular complexity index is 1620. The van der Waals surface area contributed by atoms with E-state index in [2.05, 4.69) is 42.3 Å². The summed E-state index contributed by atoms with van der Waals surface area (Å²) >= 11 is 0. The van der Waals surface area contributed by atoms with Crippen LogP contribution in [0.1, 0.15) is 65.2 Å². The largest absolute Gasteiger partial charge is 0.488 e. The van der Waals surface area contributed by atoms with Crippen LogP contribution in [0, 0.1) is 0 Å². The maximum Gasteiger partial charge on any atom is 0.271 e. The van der Waals surface area contributed by atoms with Gasteiger partial charge in [-0.2, -0.15) is 5.10 Å². The normalized spacial score (nSPS) is 11.1. The molecular formula is C34H36N4O4. The fourth-order valence-electron chi connectivity index (χ4n) is 4.85. The second-order valence-electron chi connectivity index (χ2n) is 10.5. The molecule has 0 fully saturated rings. The average molecular weight is 565 g/mol. The lowest BCUT2D eigenvalue weighted by Crippen LogP contribution is -2.13. The average Bonchev–Trinajstić information content (AvgIpc) is 3.66. The van der Waals surface area contributed by atoms with Crippen LogP contribution in [-0.2, 0) is 32.6 Å². The first kappa shape index (κ1) is 28.7. The number of nitrogens with two attached hydrogens (primary N) is 1. The molecule has 0 atom stereocenters. The lowest BCUT2D eigenvalue weighted by atomic mass is 9.95. The molecule has 2 heterocycles. The van der Waals surface area contributed by atoms with Gasteiger partial charge in [-0.1, -0.05) is 79.7 Å². The Labute approximate surface area is 246 Å². The van der Waals surface area contributed by atoms with Crippen LogP contribution in [0.25, 0.3) is 11.3 Å². The second-order valence-corrected chi connectivity index (χ2v) is 10.5. The van der Waals surface area contributed by atoms with Crippen LogP contribution in [0.4, 0.5) is 0 Å². The smallest absolute Gasteiger partial charge is 0.271 e. The first-order valence-electron chi connectivity index (χ1n) is 14.2. The number of amides is 1. The lowest BCUT2D eigenvalue weighted by Gasteiger charge is -2.20. The molecule has 0 aliphatic heterocycles. The molecule has 0 aliphatic carbocycles. The minimum atomic E-state index is -0.653. The fraction of sp³-hybridized carbons (Fsp3) is 0.265. The molecule has 0 aliphatic rings. The van der Waals surface area contributed by atoms with Crippen LogP contribution in [0.2, 0.25) is 0 Å². The zero-order valence-electron chi connectivity index (χ0n) is 24.2. The minimum absolute atomic E-state index is 0.0828. The number of carbonyl (C=O) groups is 1. The van der Waals surface area contributed by atoms with Gasteiger partial charge in [0.25, 0.3) is 5.91 Å². The fourth-order valence-corrected chi connectivity index (χ4v) is 4.85. The van der Waals surface area contributed by atoms with Crippen molar-refractivity contribution in [2.75, 3.05) is 0 Å². The van der Waals surface area contributed by atoms with Gasteiger partial charge in [-0.15, -0.1) is 0 Å². The number of rotatable bonds is 13. The standard InChI is InChI=1S/C34H36N4O4/c1-4-38-18-17-28(36-38)32-29(42-37-33(32)34(35)39)16-15-26-19-27(23(2)3)31(41-22-25-13-9-6-10-14-25)20-30(26)40-21-24-11-7-5-8-12-24/h5-14,17-20,23H,4,15-16,21-22H2,1-3H3,(H2,35,39). The molecule has 0 saturated heterocycles. The van der Waals surface area contributed by atoms with Crippen LogP contribution < -0.4 is 15.2 Å². The highest BCUT2D eigenvalue weighted by atomic mass is 16.5. The van der Waals surface area contributed by atoms with E-state index in [-0.39, 0.29) is 11.6 Å². The maximum absolute atomic E-state index is 12.2. The van der Waals surface area contributed by atoms with Crippen molar-refractivity contribution in [1.29, 1.82) is 0 Å². The van der Waals surface area contributed by atoms with Crippen molar-refractivity contribution in [2.24, 2.45) is 5.73 Å². The van der Waals surface area contributed by atoms with E-state index in [1.165, 1.54) is 0 Å². The predicted octanol–water partition coefficient (Wildman–Crippen LogP) is 6.72. The molecule has 0 saturated carbocycles. The van der Waals surface area contributed by atoms with Gasteiger partial charge in [0.15, 0.2) is 5.69 Å². The van der Waals surface area contributed by atoms with Crippen molar-refractivity contribution in [3.8, 4) is 22.8 Å². The maximum atomic E-state index is 12.2. The lowest BCUT2D eigenvalue weighted by molar-refractivity contribution is 0.0992. The molecule has 5 aromatic rings. The highest BCUT2D eigenvalue weighted by Gasteiger charge is 2.24. The van der Waals surface area contributed by atoms with E-state index in [9.17, 15) is 4.79 Å². The van der Waals surface area contributed by atoms with Gasteiger partial charge in [0.2, 0.25) is 0 Å². The molecule has 8 heteroatoms. The third-order valence-electron chi connectivity index (χ3n) is 7.13. The van der Waals surface area contributed by atoms with E-state index in [1.807, 2.05) is 73.8 Å². The van der Waals surface area contributed by atoms with Crippen molar-refractivity contribution in [3.63, 3.8) is 0 Å². The molecule has 3 aromatic carbocycles. The van der Waals surface area contributed by atoms with Gasteiger partial charge in [0.05, 0.1) is 11.3 Å². The van der Waals surface area contributed by atoms with E-state index in [0.29, 0.717) is 49.6 Å². The quantitative estimate of drug-likeness (QED) is 0.170. The third-order valence-corrected chi connectivity index (χ3v) is 7.13. The van der Waals surface area contributed by atoms with E-state index < -0.39 is 5.91 Å². The summed E-state index contributed by atoms with van der Waals surface area (Å²) in [6.45, 7) is 7.87. The number of hydrogen-bond acceptors (Lipinski definition) is 6. The Morgan fingerprint density at radius 1 is 0.905 bits per heavy atom. The molecule has 216 valence electrons. The van der Waals surface area contributed by atoms with Crippen LogP contribution in [-0.4, -0.2) is 20.8 Å². The van der Waals surface area contributed by atoms with Crippen LogP contribution >= 0.6 is 0 Å². The van der Waals surface area contributed by atoms with Gasteiger partial charge in [-0.05, 0) is 53.6 Å². The highest BCUT2D eigenvalue weighted by molar-refractivity contribution is 5.97. The SMILES string of the molecule is CCn1ccc(-c2c(C(N)=O)noc2CCc2cc(C(C)C)c(OCc3ccccc3)cc2OCc2ccccc2)n1. The highest BCUT2D eigenvalue weighted by Crippen LogP contribution is 2.36. The Morgan fingerprint density at radius 2 is 1.55 bits per heavy atom. The summed E-state index contributed by atoms with van der Waals surface area (Å²) < 4.78 is 20.2. The Balaban J connectivity index is 1.47. The summed E-state index contributed by atoms with van der Waals surface area (Å²) in [5.74, 6) is 1.65. The van der Waals surface area contributed by atoms with Crippen molar-refractivity contribution >= 4 is 5.91 Å². The summed E-state index contributed by atoms with van der Waals surface area (Å²) in [4.78, 5) is 12.2. The Kier molecular flexibility index (Phi) is 9.02. The number of nitrogens with zero attached hydrogens (tertiary/aromatic N) is 3. The third kappa shape index (κ3) is 6.71. The summed E-state index contributed by atoms with van der Waals surface area (Å²) in [5, 5.41) is 8.57. The Hall–Kier alpha value is -4.85. The van der Waals surface area contributed by atoms with Crippen molar-refractivity contribution in [2.45, 2.75) is 59.3 Å². The van der Waals surface area contributed by atoms with Crippen molar-refractivity contribution in [3.05, 3.63) is 119 Å². The number of primary amides is 1. The number of aromatic nitrogens is 3. The number of carbonyl (C=O) groups excluding carboxylic acids is 1. The summed E-state index contributed by atoms with van der Waals surface area (Å²) in [6, 6.07) is 26.2. The van der Waals surface area contributed by atoms with Crippen molar-refractivity contribution < 1.29 is 18.8 Å². The molecule has 1 amide bonds. The topological polar surface area (TPSA) is 105 Å². The molecule has 0 radical (unpaired) electrons. The molecular weight excluding hydrogens is 528 g/mol. The molecule has 0 spiro atoms. The van der Waals surface area contributed by atoms with Gasteiger partial charge in [-0.25, -0.2) is 0 Å². The van der Waals surface area contributed by atoms with Crippen LogP contribution in [0.5, 0.6) is 11.5 Å². The van der Waals surface area contributed by atoms with E-state index >= 15 is 0 Å². The zero-order chi connectivity index (χ0) is 29.5. The first-order valence-corrected chi connectivity index (χ1v) is 14.2. The molecule has 5 rings (SSSR count). The molecule has 8 nitrogen and oxygen atoms in total. The zero-order valence-corrected chi connectivity index (χ0v) is 24.2. The van der Waals surface area contributed by atoms with E-state index in [4.69, 9.17) is 19.7 Å². The number of ether oxygens (including phenoxy) is 2. The molecule has 42 heavy (non-hydrogen) atoms. The Morgan fingerprint density at radius 3 is 2.12 bits per heavy atom. The predicted molar refractivity (Wildman–Crippen MR) is 161 cm³/mol. The monoisotopic (exact) mass is 564 g/mol. The first-order chi connectivity index (χ1) is 20.4. The van der Waals surface area contributed by atoms with E-state index in [1.54, 1.807) is 4.68 Å². The number of hydrogen-bond donors (Lipinski definition) is 1. The summed E-state index contributed by atoms with van der Waals surface area (Å²) in [6.07, 6.45) is 2.91. The minimum Gasteiger partial charge on any atom is -0.488 e. The summed E-state index contributed by atoms with van der Waals surface area (Å²) in [7, 11) is 0. The molecule has 2 aromatic heterocycles. The second kappa shape index (κ2) is 13.2. The van der Waals surface area contributed by atoms with Gasteiger partial charge < -0.3 is 19.7 Å². The summed E-state index contributed by atoms with van der Waals surface area (Å²) in [5.41, 5.74) is 11.1. The van der Waals surface area contributed by atoms with Gasteiger partial charge in [-0.3, -0.25) is 9.48 Å². The van der Waals surface area contributed by atoms with Crippen LogP contribution in [0.3, 0.4) is 0 Å². The molecule has 0 bridgehead atoms. The van der Waals surface area contributed by atoms with Crippen LogP contribution in [0.15, 0.2) is 89.6 Å². The number of benzene rings is 3.